The first kappa shape index (κ1) is 22.6. The molecule has 2 aliphatic heterocycles. The first-order valence-electron chi connectivity index (χ1n) is 11.7. The van der Waals surface area contributed by atoms with Crippen LogP contribution in [0.5, 0.6) is 0 Å². The molecule has 1 N–H and O–H groups in total. The Morgan fingerprint density at radius 1 is 1.00 bits per heavy atom. The number of hydrogen-bond acceptors (Lipinski definition) is 6. The van der Waals surface area contributed by atoms with E-state index in [0.717, 1.165) is 32.1 Å². The van der Waals surface area contributed by atoms with Crippen molar-refractivity contribution in [2.24, 2.45) is 22.7 Å². The first-order chi connectivity index (χ1) is 14.5. The van der Waals surface area contributed by atoms with Crippen LogP contribution in [0.25, 0.3) is 0 Å². The second kappa shape index (κ2) is 8.95. The van der Waals surface area contributed by atoms with Crippen LogP contribution in [0.15, 0.2) is 0 Å². The summed E-state index contributed by atoms with van der Waals surface area (Å²) in [6, 6.07) is 6.61. The summed E-state index contributed by atoms with van der Waals surface area (Å²) in [4.78, 5) is 0. The number of ether oxygens (including phenoxy) is 2. The van der Waals surface area contributed by atoms with Crippen LogP contribution in [-0.4, -0.2) is 17.8 Å². The van der Waals surface area contributed by atoms with Crippen LogP contribution < -0.4 is 0 Å². The lowest BCUT2D eigenvalue weighted by atomic mass is 9.51. The Hall–Kier alpha value is -2.10. The number of unbranched alkanes of at least 4 members (excludes halogenated alkanes) is 6. The van der Waals surface area contributed by atoms with Gasteiger partial charge in [0.1, 0.15) is 0 Å². The summed E-state index contributed by atoms with van der Waals surface area (Å²) < 4.78 is 12.4. The number of nitriles is 3. The third kappa shape index (κ3) is 3.19. The third-order valence-corrected chi connectivity index (χ3v) is 7.78. The maximum atomic E-state index is 10.3. The molecule has 1 aliphatic carbocycles. The van der Waals surface area contributed by atoms with Gasteiger partial charge in [-0.25, -0.2) is 0 Å². The summed E-state index contributed by atoms with van der Waals surface area (Å²) in [7, 11) is 0. The maximum Gasteiger partial charge on any atom is 0.217 e. The second-order valence-electron chi connectivity index (χ2n) is 9.31. The van der Waals surface area contributed by atoms with Gasteiger partial charge in [-0.15, -0.1) is 0 Å². The highest BCUT2D eigenvalue weighted by Gasteiger charge is 2.80. The SMILES string of the molecule is CCCCCCCCCC1OC23CCC(CC)CC2C(C#N)(C(=N)O3)C1(C#N)C#N. The molecule has 1 saturated carbocycles. The highest BCUT2D eigenvalue weighted by Crippen LogP contribution is 2.67. The number of nitrogens with one attached hydrogen (secondary N) is 1. The Balaban J connectivity index is 1.85. The molecule has 6 nitrogen and oxygen atoms in total. The molecule has 3 aliphatic rings. The van der Waals surface area contributed by atoms with Crippen LogP contribution >= 0.6 is 0 Å². The lowest BCUT2D eigenvalue weighted by Crippen LogP contribution is -2.64. The van der Waals surface area contributed by atoms with Crippen molar-refractivity contribution < 1.29 is 9.47 Å². The van der Waals surface area contributed by atoms with Gasteiger partial charge in [0.15, 0.2) is 10.8 Å². The van der Waals surface area contributed by atoms with Crippen molar-refractivity contribution in [1.82, 2.24) is 0 Å². The van der Waals surface area contributed by atoms with Crippen molar-refractivity contribution in [3.05, 3.63) is 0 Å². The van der Waals surface area contributed by atoms with Gasteiger partial charge in [-0.2, -0.15) is 15.8 Å². The molecule has 162 valence electrons. The Morgan fingerprint density at radius 2 is 1.67 bits per heavy atom. The van der Waals surface area contributed by atoms with Gasteiger partial charge in [-0.1, -0.05) is 65.2 Å². The van der Waals surface area contributed by atoms with Crippen molar-refractivity contribution >= 4 is 5.90 Å². The molecule has 0 aromatic heterocycles. The van der Waals surface area contributed by atoms with Gasteiger partial charge in [-0.3, -0.25) is 5.41 Å². The third-order valence-electron chi connectivity index (χ3n) is 7.78. The van der Waals surface area contributed by atoms with Crippen LogP contribution in [0.4, 0.5) is 0 Å². The van der Waals surface area contributed by atoms with E-state index in [-0.39, 0.29) is 5.90 Å². The molecule has 0 aromatic carbocycles. The molecule has 0 aromatic rings. The molecule has 2 saturated heterocycles. The fraction of sp³-hybridized carbons (Fsp3) is 0.833. The monoisotopic (exact) mass is 410 g/mol. The van der Waals surface area contributed by atoms with Crippen LogP contribution in [0.2, 0.25) is 0 Å². The van der Waals surface area contributed by atoms with E-state index in [4.69, 9.17) is 14.9 Å². The van der Waals surface area contributed by atoms with E-state index in [1.165, 1.54) is 25.7 Å². The van der Waals surface area contributed by atoms with E-state index in [9.17, 15) is 15.8 Å². The molecule has 2 heterocycles. The summed E-state index contributed by atoms with van der Waals surface area (Å²) in [5.41, 5.74) is -3.25. The molecule has 3 rings (SSSR count). The molecular formula is C24H34N4O2. The van der Waals surface area contributed by atoms with E-state index in [2.05, 4.69) is 32.1 Å². The van der Waals surface area contributed by atoms with E-state index in [1.54, 1.807) is 0 Å². The highest BCUT2D eigenvalue weighted by molar-refractivity contribution is 5.89. The molecule has 5 atom stereocenters. The largest absolute Gasteiger partial charge is 0.447 e. The fourth-order valence-electron chi connectivity index (χ4n) is 5.95. The van der Waals surface area contributed by atoms with Crippen LogP contribution in [0.3, 0.4) is 0 Å². The molecule has 0 radical (unpaired) electrons. The van der Waals surface area contributed by atoms with Gasteiger partial charge in [0.25, 0.3) is 0 Å². The Kier molecular flexibility index (Phi) is 6.74. The van der Waals surface area contributed by atoms with Crippen LogP contribution in [0, 0.1) is 62.1 Å². The lowest BCUT2D eigenvalue weighted by Gasteiger charge is -2.52. The standard InChI is InChI=1S/C24H34N4O2/c1-3-5-6-7-8-9-10-11-20-22(15-25,16-26)23(17-27)19-14-18(4-2)12-13-24(19,29-20)30-21(23)28/h18-20,28H,3-14H2,1-2H3. The van der Waals surface area contributed by atoms with Gasteiger partial charge in [-0.05, 0) is 25.2 Å². The van der Waals surface area contributed by atoms with Gasteiger partial charge >= 0.3 is 0 Å². The molecule has 30 heavy (non-hydrogen) atoms. The van der Waals surface area contributed by atoms with Crippen molar-refractivity contribution in [3.8, 4) is 18.2 Å². The van der Waals surface area contributed by atoms with Crippen LogP contribution in [-0.2, 0) is 9.47 Å². The van der Waals surface area contributed by atoms with E-state index in [0.29, 0.717) is 25.2 Å². The zero-order valence-corrected chi connectivity index (χ0v) is 18.4. The van der Waals surface area contributed by atoms with Gasteiger partial charge < -0.3 is 9.47 Å². The zero-order chi connectivity index (χ0) is 21.8. The smallest absolute Gasteiger partial charge is 0.217 e. The number of hydrogen-bond donors (Lipinski definition) is 1. The van der Waals surface area contributed by atoms with E-state index < -0.39 is 28.6 Å². The van der Waals surface area contributed by atoms with Crippen LogP contribution in [0.1, 0.15) is 90.9 Å². The van der Waals surface area contributed by atoms with E-state index in [1.807, 2.05) is 0 Å². The first-order valence-corrected chi connectivity index (χ1v) is 11.7. The molecule has 0 spiro atoms. The van der Waals surface area contributed by atoms with Crippen molar-refractivity contribution in [1.29, 1.82) is 21.2 Å². The molecule has 3 fully saturated rings. The molecule has 6 heteroatoms. The second-order valence-corrected chi connectivity index (χ2v) is 9.31. The Bertz CT molecular complexity index is 762. The summed E-state index contributed by atoms with van der Waals surface area (Å²) in [6.07, 6.45) is 10.9. The van der Waals surface area contributed by atoms with E-state index >= 15 is 0 Å². The summed E-state index contributed by atoms with van der Waals surface area (Å²) >= 11 is 0. The Morgan fingerprint density at radius 3 is 2.27 bits per heavy atom. The fourth-order valence-corrected chi connectivity index (χ4v) is 5.95. The van der Waals surface area contributed by atoms with Crippen molar-refractivity contribution in [3.63, 3.8) is 0 Å². The highest BCUT2D eigenvalue weighted by atomic mass is 16.7. The normalized spacial score (nSPS) is 36.1. The maximum absolute atomic E-state index is 10.3. The molecule has 2 bridgehead atoms. The minimum absolute atomic E-state index is 0.239. The minimum Gasteiger partial charge on any atom is -0.447 e. The summed E-state index contributed by atoms with van der Waals surface area (Å²) in [5, 5.41) is 39.3. The average molecular weight is 411 g/mol. The summed E-state index contributed by atoms with van der Waals surface area (Å²) in [6.45, 7) is 4.31. The number of nitrogens with zero attached hydrogens (tertiary/aromatic N) is 3. The topological polar surface area (TPSA) is 114 Å². The quantitative estimate of drug-likeness (QED) is 0.497. The van der Waals surface area contributed by atoms with Crippen molar-refractivity contribution in [2.75, 3.05) is 0 Å². The lowest BCUT2D eigenvalue weighted by molar-refractivity contribution is -0.297. The van der Waals surface area contributed by atoms with Gasteiger partial charge in [0.2, 0.25) is 11.7 Å². The van der Waals surface area contributed by atoms with Gasteiger partial charge in [0.05, 0.1) is 30.2 Å². The molecular weight excluding hydrogens is 376 g/mol. The van der Waals surface area contributed by atoms with Crippen molar-refractivity contribution in [2.45, 2.75) is 103 Å². The predicted molar refractivity (Wildman–Crippen MR) is 112 cm³/mol. The summed E-state index contributed by atoms with van der Waals surface area (Å²) in [5.74, 6) is -1.31. The molecule has 0 amide bonds. The zero-order valence-electron chi connectivity index (χ0n) is 18.4. The molecule has 5 unspecified atom stereocenters. The minimum atomic E-state index is -1.71. The number of rotatable bonds is 9. The average Bonchev–Trinajstić information content (AvgIpc) is 2.97. The van der Waals surface area contributed by atoms with Gasteiger partial charge in [0, 0.05) is 6.42 Å². The Labute approximate surface area is 180 Å². The predicted octanol–water partition coefficient (Wildman–Crippen LogP) is 5.60.